The number of nitrogens with zero attached hydrogens (tertiary/aromatic N) is 1. The molecule has 2 rings (SSSR count). The fraction of sp³-hybridized carbons (Fsp3) is 0.385. The highest BCUT2D eigenvalue weighted by molar-refractivity contribution is 9.10. The summed E-state index contributed by atoms with van der Waals surface area (Å²) in [7, 11) is 0. The van der Waals surface area contributed by atoms with Crippen LogP contribution in [0.2, 0.25) is 0 Å². The van der Waals surface area contributed by atoms with E-state index in [1.165, 1.54) is 17.0 Å². The Labute approximate surface area is 119 Å². The number of halogens is 2. The second kappa shape index (κ2) is 4.92. The van der Waals surface area contributed by atoms with Crippen molar-refractivity contribution in [1.29, 1.82) is 0 Å². The predicted octanol–water partition coefficient (Wildman–Crippen LogP) is 1.83. The van der Waals surface area contributed by atoms with Crippen molar-refractivity contribution in [2.24, 2.45) is 0 Å². The van der Waals surface area contributed by atoms with E-state index >= 15 is 0 Å². The maximum Gasteiger partial charge on any atom is 0.245 e. The molecule has 1 saturated heterocycles. The molecule has 1 fully saturated rings. The van der Waals surface area contributed by atoms with E-state index in [2.05, 4.69) is 21.2 Å². The monoisotopic (exact) mass is 328 g/mol. The van der Waals surface area contributed by atoms with Gasteiger partial charge in [0, 0.05) is 11.0 Å². The van der Waals surface area contributed by atoms with E-state index in [1.54, 1.807) is 19.9 Å². The molecule has 6 heteroatoms. The molecular formula is C13H14BrFN2O2. The van der Waals surface area contributed by atoms with E-state index in [4.69, 9.17) is 0 Å². The van der Waals surface area contributed by atoms with Crippen molar-refractivity contribution in [1.82, 2.24) is 10.2 Å². The first-order valence-electron chi connectivity index (χ1n) is 5.84. The molecule has 1 aliphatic rings. The first kappa shape index (κ1) is 14.0. The second-order valence-corrected chi connectivity index (χ2v) is 5.91. The van der Waals surface area contributed by atoms with Crippen LogP contribution in [0.3, 0.4) is 0 Å². The Morgan fingerprint density at radius 1 is 1.37 bits per heavy atom. The van der Waals surface area contributed by atoms with Gasteiger partial charge in [0.1, 0.15) is 11.4 Å². The van der Waals surface area contributed by atoms with Gasteiger partial charge in [-0.25, -0.2) is 4.39 Å². The number of hydrogen-bond donors (Lipinski definition) is 1. The SMILES string of the molecule is CC1(C)C(=O)NCC(=O)N1Cc1cc(F)cc(Br)c1. The molecule has 102 valence electrons. The normalized spacial score (nSPS) is 18.4. The number of piperazine rings is 1. The zero-order valence-electron chi connectivity index (χ0n) is 10.7. The van der Waals surface area contributed by atoms with Crippen molar-refractivity contribution >= 4 is 27.7 Å². The summed E-state index contributed by atoms with van der Waals surface area (Å²) in [5.41, 5.74) is -0.295. The molecule has 1 N–H and O–H groups in total. The predicted molar refractivity (Wildman–Crippen MR) is 71.7 cm³/mol. The summed E-state index contributed by atoms with van der Waals surface area (Å²) in [4.78, 5) is 25.2. The average molecular weight is 329 g/mol. The smallest absolute Gasteiger partial charge is 0.245 e. The molecule has 2 amide bonds. The van der Waals surface area contributed by atoms with Crippen LogP contribution in [0.5, 0.6) is 0 Å². The van der Waals surface area contributed by atoms with Gasteiger partial charge in [0.2, 0.25) is 11.8 Å². The number of carbonyl (C=O) groups excluding carboxylic acids is 2. The molecule has 0 atom stereocenters. The maximum absolute atomic E-state index is 13.3. The third-order valence-corrected chi connectivity index (χ3v) is 3.65. The van der Waals surface area contributed by atoms with Crippen LogP contribution in [0.25, 0.3) is 0 Å². The summed E-state index contributed by atoms with van der Waals surface area (Å²) in [5.74, 6) is -0.761. The van der Waals surface area contributed by atoms with Gasteiger partial charge in [-0.2, -0.15) is 0 Å². The Hall–Kier alpha value is -1.43. The first-order valence-corrected chi connectivity index (χ1v) is 6.64. The summed E-state index contributed by atoms with van der Waals surface area (Å²) in [6.45, 7) is 3.54. The van der Waals surface area contributed by atoms with Gasteiger partial charge >= 0.3 is 0 Å². The molecule has 1 aromatic carbocycles. The number of benzene rings is 1. The van der Waals surface area contributed by atoms with Crippen LogP contribution < -0.4 is 5.32 Å². The molecule has 0 aromatic heterocycles. The molecule has 0 unspecified atom stereocenters. The number of nitrogens with one attached hydrogen (secondary N) is 1. The van der Waals surface area contributed by atoms with Crippen LogP contribution in [0.4, 0.5) is 4.39 Å². The average Bonchev–Trinajstić information content (AvgIpc) is 2.29. The Morgan fingerprint density at radius 2 is 2.05 bits per heavy atom. The van der Waals surface area contributed by atoms with E-state index in [1.807, 2.05) is 0 Å². The minimum absolute atomic E-state index is 0.0151. The lowest BCUT2D eigenvalue weighted by atomic mass is 9.97. The van der Waals surface area contributed by atoms with Gasteiger partial charge in [-0.3, -0.25) is 9.59 Å². The van der Waals surface area contributed by atoms with E-state index in [0.717, 1.165) is 0 Å². The van der Waals surface area contributed by atoms with Crippen LogP contribution in [0, 0.1) is 5.82 Å². The van der Waals surface area contributed by atoms with Crippen LogP contribution in [-0.4, -0.2) is 28.8 Å². The maximum atomic E-state index is 13.3. The van der Waals surface area contributed by atoms with Gasteiger partial charge in [-0.15, -0.1) is 0 Å². The quantitative estimate of drug-likeness (QED) is 0.900. The number of rotatable bonds is 2. The van der Waals surface area contributed by atoms with Crippen molar-refractivity contribution in [3.8, 4) is 0 Å². The molecule has 0 spiro atoms. The van der Waals surface area contributed by atoms with E-state index < -0.39 is 5.54 Å². The lowest BCUT2D eigenvalue weighted by Crippen LogP contribution is -2.63. The Balaban J connectivity index is 2.29. The number of carbonyl (C=O) groups is 2. The fourth-order valence-electron chi connectivity index (χ4n) is 2.07. The van der Waals surface area contributed by atoms with Gasteiger partial charge in [-0.1, -0.05) is 15.9 Å². The van der Waals surface area contributed by atoms with Gasteiger partial charge in [-0.05, 0) is 37.6 Å². The number of amides is 2. The third kappa shape index (κ3) is 2.78. The molecule has 1 heterocycles. The topological polar surface area (TPSA) is 49.4 Å². The zero-order chi connectivity index (χ0) is 14.2. The van der Waals surface area contributed by atoms with Gasteiger partial charge < -0.3 is 10.2 Å². The highest BCUT2D eigenvalue weighted by Gasteiger charge is 2.41. The first-order chi connectivity index (χ1) is 8.80. The Morgan fingerprint density at radius 3 is 2.68 bits per heavy atom. The molecule has 1 aliphatic heterocycles. The van der Waals surface area contributed by atoms with Crippen molar-refractivity contribution in [3.05, 3.63) is 34.1 Å². The van der Waals surface area contributed by atoms with Crippen molar-refractivity contribution in [3.63, 3.8) is 0 Å². The van der Waals surface area contributed by atoms with Crippen molar-refractivity contribution in [2.75, 3.05) is 6.54 Å². The highest BCUT2D eigenvalue weighted by atomic mass is 79.9. The van der Waals surface area contributed by atoms with E-state index in [0.29, 0.717) is 10.0 Å². The highest BCUT2D eigenvalue weighted by Crippen LogP contribution is 2.23. The minimum Gasteiger partial charge on any atom is -0.345 e. The number of hydrogen-bond acceptors (Lipinski definition) is 2. The van der Waals surface area contributed by atoms with Crippen LogP contribution >= 0.6 is 15.9 Å². The molecule has 0 saturated carbocycles. The molecule has 4 nitrogen and oxygen atoms in total. The summed E-state index contributed by atoms with van der Waals surface area (Å²) in [6, 6.07) is 4.44. The molecular weight excluding hydrogens is 315 g/mol. The molecule has 0 radical (unpaired) electrons. The second-order valence-electron chi connectivity index (χ2n) is 5.00. The summed E-state index contributed by atoms with van der Waals surface area (Å²) in [5, 5.41) is 2.55. The van der Waals surface area contributed by atoms with Crippen LogP contribution in [-0.2, 0) is 16.1 Å². The summed E-state index contributed by atoms with van der Waals surface area (Å²) in [6.07, 6.45) is 0. The largest absolute Gasteiger partial charge is 0.345 e. The van der Waals surface area contributed by atoms with Gasteiger partial charge in [0.25, 0.3) is 0 Å². The molecule has 0 bridgehead atoms. The van der Waals surface area contributed by atoms with Gasteiger partial charge in [0.05, 0.1) is 6.54 Å². The molecule has 0 aliphatic carbocycles. The van der Waals surface area contributed by atoms with E-state index in [-0.39, 0.29) is 30.7 Å². The fourth-order valence-corrected chi connectivity index (χ4v) is 2.59. The minimum atomic E-state index is -0.936. The van der Waals surface area contributed by atoms with E-state index in [9.17, 15) is 14.0 Å². The zero-order valence-corrected chi connectivity index (χ0v) is 12.3. The lowest BCUT2D eigenvalue weighted by molar-refractivity contribution is -0.152. The van der Waals surface area contributed by atoms with Gasteiger partial charge in [0.15, 0.2) is 0 Å². The Kier molecular flexibility index (Phi) is 3.62. The molecule has 19 heavy (non-hydrogen) atoms. The summed E-state index contributed by atoms with van der Waals surface area (Å²) >= 11 is 3.21. The third-order valence-electron chi connectivity index (χ3n) is 3.19. The van der Waals surface area contributed by atoms with Crippen LogP contribution in [0.1, 0.15) is 19.4 Å². The Bertz CT molecular complexity index is 525. The lowest BCUT2D eigenvalue weighted by Gasteiger charge is -2.41. The standard InChI is InChI=1S/C13H14BrFN2O2/c1-13(2)12(19)16-6-11(18)17(13)7-8-3-9(14)5-10(15)4-8/h3-5H,6-7H2,1-2H3,(H,16,19). The van der Waals surface area contributed by atoms with Crippen molar-refractivity contribution < 1.29 is 14.0 Å². The summed E-state index contributed by atoms with van der Waals surface area (Å²) < 4.78 is 13.9. The van der Waals surface area contributed by atoms with Crippen LogP contribution in [0.15, 0.2) is 22.7 Å². The molecule has 1 aromatic rings. The van der Waals surface area contributed by atoms with Crippen molar-refractivity contribution in [2.45, 2.75) is 25.9 Å².